The van der Waals surface area contributed by atoms with Crippen molar-refractivity contribution in [1.82, 2.24) is 5.43 Å². The molecule has 31 heavy (non-hydrogen) atoms. The van der Waals surface area contributed by atoms with Crippen LogP contribution >= 0.6 is 31.9 Å². The fraction of sp³-hybridized carbons (Fsp3) is 0.0476. The van der Waals surface area contributed by atoms with Gasteiger partial charge < -0.3 is 10.2 Å². The smallest absolute Gasteiger partial charge is 0.417 e. The third kappa shape index (κ3) is 5.08. The molecule has 5 nitrogen and oxygen atoms in total. The first-order valence-corrected chi connectivity index (χ1v) is 10.2. The van der Waals surface area contributed by atoms with E-state index in [1.807, 2.05) is 0 Å². The zero-order chi connectivity index (χ0) is 22.8. The predicted octanol–water partition coefficient (Wildman–Crippen LogP) is 6.07. The molecular formula is C21H13Br2F3N2O3. The molecule has 0 radical (unpaired) electrons. The van der Waals surface area contributed by atoms with Crippen LogP contribution in [0, 0.1) is 0 Å². The average molecular weight is 558 g/mol. The largest absolute Gasteiger partial charge is 0.506 e. The van der Waals surface area contributed by atoms with Gasteiger partial charge in [0.15, 0.2) is 0 Å². The predicted molar refractivity (Wildman–Crippen MR) is 117 cm³/mol. The van der Waals surface area contributed by atoms with Crippen molar-refractivity contribution < 1.29 is 28.2 Å². The van der Waals surface area contributed by atoms with E-state index in [-0.39, 0.29) is 32.7 Å². The molecule has 0 aliphatic carbocycles. The van der Waals surface area contributed by atoms with Crippen LogP contribution in [0.15, 0.2) is 68.6 Å². The molecule has 0 unspecified atom stereocenters. The minimum Gasteiger partial charge on any atom is -0.506 e. The number of carbonyl (C=O) groups is 1. The molecule has 160 valence electrons. The highest BCUT2D eigenvalue weighted by molar-refractivity contribution is 9.11. The second kappa shape index (κ2) is 9.11. The van der Waals surface area contributed by atoms with E-state index in [1.165, 1.54) is 54.7 Å². The molecule has 0 heterocycles. The number of carbonyl (C=O) groups excluding carboxylic acids is 1. The Morgan fingerprint density at radius 3 is 2.29 bits per heavy atom. The van der Waals surface area contributed by atoms with Crippen LogP contribution < -0.4 is 5.43 Å². The highest BCUT2D eigenvalue weighted by Crippen LogP contribution is 2.40. The van der Waals surface area contributed by atoms with E-state index < -0.39 is 17.6 Å². The minimum absolute atomic E-state index is 0.0129. The summed E-state index contributed by atoms with van der Waals surface area (Å²) in [4.78, 5) is 12.3. The van der Waals surface area contributed by atoms with Crippen molar-refractivity contribution in [3.8, 4) is 22.6 Å². The summed E-state index contributed by atoms with van der Waals surface area (Å²) in [5.41, 5.74) is 2.24. The number of nitrogens with zero attached hydrogens (tertiary/aromatic N) is 1. The second-order valence-corrected chi connectivity index (χ2v) is 7.93. The van der Waals surface area contributed by atoms with Crippen molar-refractivity contribution in [3.63, 3.8) is 0 Å². The van der Waals surface area contributed by atoms with Crippen molar-refractivity contribution in [2.45, 2.75) is 6.18 Å². The number of phenolic OH excluding ortho intramolecular Hbond substituents is 2. The quantitative estimate of drug-likeness (QED) is 0.269. The fourth-order valence-electron chi connectivity index (χ4n) is 2.72. The summed E-state index contributed by atoms with van der Waals surface area (Å²) in [6, 6.07) is 12.2. The Morgan fingerprint density at radius 1 is 1.00 bits per heavy atom. The summed E-state index contributed by atoms with van der Waals surface area (Å²) in [6.07, 6.45) is -3.32. The van der Waals surface area contributed by atoms with Crippen molar-refractivity contribution in [2.75, 3.05) is 0 Å². The first-order valence-electron chi connectivity index (χ1n) is 8.59. The van der Waals surface area contributed by atoms with Crippen molar-refractivity contribution in [2.24, 2.45) is 5.10 Å². The van der Waals surface area contributed by atoms with Crippen LogP contribution in [0.3, 0.4) is 0 Å². The van der Waals surface area contributed by atoms with Crippen LogP contribution in [0.2, 0.25) is 0 Å². The minimum atomic E-state index is -4.49. The van der Waals surface area contributed by atoms with Crippen LogP contribution in [0.4, 0.5) is 13.2 Å². The highest BCUT2D eigenvalue weighted by atomic mass is 79.9. The Bertz CT molecular complexity index is 1160. The van der Waals surface area contributed by atoms with Crippen LogP contribution in [-0.2, 0) is 6.18 Å². The number of rotatable bonds is 4. The number of nitrogens with one attached hydrogen (secondary N) is 1. The molecule has 0 aromatic heterocycles. The monoisotopic (exact) mass is 556 g/mol. The SMILES string of the molecule is O=C(N/N=C/c1cc(Br)c(O)c(Br)c1O)c1ccc(-c2ccccc2C(F)(F)F)cc1. The molecule has 0 spiro atoms. The molecule has 1 amide bonds. The number of hydrogen-bond donors (Lipinski definition) is 3. The summed E-state index contributed by atoms with van der Waals surface area (Å²) in [6.45, 7) is 0. The summed E-state index contributed by atoms with van der Waals surface area (Å²) >= 11 is 6.15. The molecule has 0 fully saturated rings. The molecule has 3 rings (SSSR count). The second-order valence-electron chi connectivity index (χ2n) is 6.28. The molecule has 3 N–H and O–H groups in total. The number of hydrogen-bond acceptors (Lipinski definition) is 4. The van der Waals surface area contributed by atoms with Crippen LogP contribution in [0.25, 0.3) is 11.1 Å². The highest BCUT2D eigenvalue weighted by Gasteiger charge is 2.33. The average Bonchev–Trinajstić information content (AvgIpc) is 2.75. The third-order valence-electron chi connectivity index (χ3n) is 4.26. The topological polar surface area (TPSA) is 81.9 Å². The van der Waals surface area contributed by atoms with Gasteiger partial charge in [-0.1, -0.05) is 30.3 Å². The Hall–Kier alpha value is -2.85. The van der Waals surface area contributed by atoms with Gasteiger partial charge in [0.05, 0.1) is 16.3 Å². The van der Waals surface area contributed by atoms with Gasteiger partial charge in [-0.15, -0.1) is 0 Å². The maximum Gasteiger partial charge on any atom is 0.417 e. The number of phenols is 2. The number of amides is 1. The third-order valence-corrected chi connectivity index (χ3v) is 5.61. The number of hydrazone groups is 1. The van der Waals surface area contributed by atoms with Gasteiger partial charge in [-0.3, -0.25) is 4.79 Å². The molecule has 0 saturated heterocycles. The van der Waals surface area contributed by atoms with Crippen molar-refractivity contribution in [3.05, 3.63) is 80.2 Å². The lowest BCUT2D eigenvalue weighted by molar-refractivity contribution is -0.137. The van der Waals surface area contributed by atoms with E-state index in [2.05, 4.69) is 42.4 Å². The molecule has 0 atom stereocenters. The maximum atomic E-state index is 13.2. The molecule has 3 aromatic carbocycles. The van der Waals surface area contributed by atoms with Gasteiger partial charge in [-0.05, 0) is 67.3 Å². The first-order chi connectivity index (χ1) is 14.6. The zero-order valence-electron chi connectivity index (χ0n) is 15.4. The van der Waals surface area contributed by atoms with Gasteiger partial charge in [0.2, 0.25) is 0 Å². The Kier molecular flexibility index (Phi) is 6.71. The number of aromatic hydroxyl groups is 2. The molecule has 0 aliphatic rings. The molecule has 0 bridgehead atoms. The zero-order valence-corrected chi connectivity index (χ0v) is 18.6. The molecule has 0 aliphatic heterocycles. The molecule has 3 aromatic rings. The summed E-state index contributed by atoms with van der Waals surface area (Å²) in [5, 5.41) is 23.5. The van der Waals surface area contributed by atoms with Gasteiger partial charge in [-0.25, -0.2) is 5.43 Å². The van der Waals surface area contributed by atoms with E-state index >= 15 is 0 Å². The Balaban J connectivity index is 1.76. The molecular weight excluding hydrogens is 545 g/mol. The summed E-state index contributed by atoms with van der Waals surface area (Å²) in [7, 11) is 0. The van der Waals surface area contributed by atoms with Gasteiger partial charge in [0.1, 0.15) is 16.0 Å². The van der Waals surface area contributed by atoms with E-state index in [9.17, 15) is 28.2 Å². The van der Waals surface area contributed by atoms with Crippen molar-refractivity contribution >= 4 is 44.0 Å². The number of benzene rings is 3. The van der Waals surface area contributed by atoms with E-state index in [0.29, 0.717) is 10.0 Å². The van der Waals surface area contributed by atoms with Gasteiger partial charge in [-0.2, -0.15) is 18.3 Å². The van der Waals surface area contributed by atoms with Crippen LogP contribution in [0.1, 0.15) is 21.5 Å². The van der Waals surface area contributed by atoms with Gasteiger partial charge in [0.25, 0.3) is 5.91 Å². The number of halogens is 5. The van der Waals surface area contributed by atoms with E-state index in [1.54, 1.807) is 0 Å². The molecule has 0 saturated carbocycles. The van der Waals surface area contributed by atoms with E-state index in [4.69, 9.17) is 0 Å². The van der Waals surface area contributed by atoms with Crippen LogP contribution in [-0.4, -0.2) is 22.3 Å². The van der Waals surface area contributed by atoms with Gasteiger partial charge >= 0.3 is 6.18 Å². The molecule has 10 heteroatoms. The summed E-state index contributed by atoms with van der Waals surface area (Å²) < 4.78 is 40.0. The Labute approximate surface area is 191 Å². The van der Waals surface area contributed by atoms with Gasteiger partial charge in [0, 0.05) is 11.1 Å². The van der Waals surface area contributed by atoms with Crippen LogP contribution in [0.5, 0.6) is 11.5 Å². The maximum absolute atomic E-state index is 13.2. The normalized spacial score (nSPS) is 11.6. The number of alkyl halides is 3. The Morgan fingerprint density at radius 2 is 1.65 bits per heavy atom. The lowest BCUT2D eigenvalue weighted by Crippen LogP contribution is -2.17. The standard InChI is InChI=1S/C21H13Br2F3N2O3/c22-16-9-13(18(29)17(23)19(16)30)10-27-28-20(31)12-7-5-11(6-8-12)14-3-1-2-4-15(14)21(24,25)26/h1-10,29-30H,(H,28,31)/b27-10+. The first kappa shape index (κ1) is 22.8. The lowest BCUT2D eigenvalue weighted by atomic mass is 9.98. The van der Waals surface area contributed by atoms with E-state index in [0.717, 1.165) is 6.07 Å². The lowest BCUT2D eigenvalue weighted by Gasteiger charge is -2.13. The van der Waals surface area contributed by atoms with Crippen molar-refractivity contribution in [1.29, 1.82) is 0 Å². The fourth-order valence-corrected chi connectivity index (χ4v) is 3.88. The summed E-state index contributed by atoms with van der Waals surface area (Å²) in [5.74, 6) is -1.06.